The van der Waals surface area contributed by atoms with E-state index in [-0.39, 0.29) is 6.79 Å². The normalized spacial score (nSPS) is 14.6. The average molecular weight is 251 g/mol. The molecule has 1 aliphatic carbocycles. The van der Waals surface area contributed by atoms with Crippen LogP contribution in [0.3, 0.4) is 0 Å². The van der Waals surface area contributed by atoms with Gasteiger partial charge in [0.2, 0.25) is 0 Å². The maximum atomic E-state index is 5.61. The molecule has 2 rings (SSSR count). The van der Waals surface area contributed by atoms with Crippen LogP contribution in [0.5, 0.6) is 11.5 Å². The van der Waals surface area contributed by atoms with Gasteiger partial charge in [-0.25, -0.2) is 0 Å². The maximum absolute atomic E-state index is 5.61. The van der Waals surface area contributed by atoms with E-state index in [2.05, 4.69) is 0 Å². The van der Waals surface area contributed by atoms with Gasteiger partial charge in [-0.15, -0.1) is 0 Å². The first-order valence-electron chi connectivity index (χ1n) is 6.49. The van der Waals surface area contributed by atoms with Gasteiger partial charge in [-0.3, -0.25) is 0 Å². The maximum Gasteiger partial charge on any atom is 0.189 e. The Morgan fingerprint density at radius 3 is 2.72 bits per heavy atom. The Kier molecular flexibility index (Phi) is 4.84. The Balaban J connectivity index is 1.87. The van der Waals surface area contributed by atoms with E-state index in [1.807, 2.05) is 25.1 Å². The molecule has 0 bridgehead atoms. The molecule has 0 aromatic heterocycles. The lowest BCUT2D eigenvalue weighted by Crippen LogP contribution is -2.07. The summed E-state index contributed by atoms with van der Waals surface area (Å²) < 4.78 is 16.6. The van der Waals surface area contributed by atoms with Crippen LogP contribution in [-0.4, -0.2) is 20.0 Å². The number of ether oxygens (including phenoxy) is 3. The third kappa shape index (κ3) is 3.89. The summed E-state index contributed by atoms with van der Waals surface area (Å²) in [5.41, 5.74) is 6.64. The molecule has 100 valence electrons. The Labute approximate surface area is 108 Å². The zero-order chi connectivity index (χ0) is 12.8. The monoisotopic (exact) mass is 251 g/mol. The standard InChI is InChI=1S/C14H21NO3/c1-2-17-14-7-12(8-15)5-6-13(14)18-10-16-9-11-3-4-11/h5-7,11H,2-4,8-10,15H2,1H3. The van der Waals surface area contributed by atoms with Crippen molar-refractivity contribution >= 4 is 0 Å². The lowest BCUT2D eigenvalue weighted by Gasteiger charge is -2.13. The van der Waals surface area contributed by atoms with E-state index in [1.54, 1.807) is 0 Å². The van der Waals surface area contributed by atoms with Crippen LogP contribution in [0, 0.1) is 5.92 Å². The van der Waals surface area contributed by atoms with Gasteiger partial charge in [0, 0.05) is 6.54 Å². The van der Waals surface area contributed by atoms with Crippen molar-refractivity contribution in [3.63, 3.8) is 0 Å². The molecule has 4 heteroatoms. The molecular weight excluding hydrogens is 230 g/mol. The molecule has 0 unspecified atom stereocenters. The van der Waals surface area contributed by atoms with Gasteiger partial charge in [-0.05, 0) is 43.4 Å². The van der Waals surface area contributed by atoms with E-state index in [0.717, 1.165) is 23.8 Å². The number of benzene rings is 1. The Morgan fingerprint density at radius 1 is 1.22 bits per heavy atom. The minimum absolute atomic E-state index is 0.276. The number of nitrogens with two attached hydrogens (primary N) is 1. The number of rotatable bonds is 8. The summed E-state index contributed by atoms with van der Waals surface area (Å²) in [4.78, 5) is 0. The second-order valence-corrected chi connectivity index (χ2v) is 4.49. The van der Waals surface area contributed by atoms with Gasteiger partial charge >= 0.3 is 0 Å². The molecule has 0 amide bonds. The molecule has 0 atom stereocenters. The van der Waals surface area contributed by atoms with Crippen molar-refractivity contribution in [3.05, 3.63) is 23.8 Å². The van der Waals surface area contributed by atoms with Crippen LogP contribution in [0.2, 0.25) is 0 Å². The number of hydrogen-bond donors (Lipinski definition) is 1. The molecule has 1 fully saturated rings. The van der Waals surface area contributed by atoms with E-state index in [9.17, 15) is 0 Å². The third-order valence-electron chi connectivity index (χ3n) is 2.89. The summed E-state index contributed by atoms with van der Waals surface area (Å²) in [6, 6.07) is 5.74. The van der Waals surface area contributed by atoms with Crippen LogP contribution < -0.4 is 15.2 Å². The van der Waals surface area contributed by atoms with Crippen molar-refractivity contribution in [1.82, 2.24) is 0 Å². The first kappa shape index (κ1) is 13.2. The molecule has 18 heavy (non-hydrogen) atoms. The van der Waals surface area contributed by atoms with Crippen molar-refractivity contribution in [3.8, 4) is 11.5 Å². The summed E-state index contributed by atoms with van der Waals surface area (Å²) in [5.74, 6) is 2.19. The summed E-state index contributed by atoms with van der Waals surface area (Å²) in [6.07, 6.45) is 2.57. The van der Waals surface area contributed by atoms with E-state index < -0.39 is 0 Å². The van der Waals surface area contributed by atoms with Crippen molar-refractivity contribution in [1.29, 1.82) is 0 Å². The van der Waals surface area contributed by atoms with E-state index in [1.165, 1.54) is 12.8 Å². The van der Waals surface area contributed by atoms with Crippen molar-refractivity contribution < 1.29 is 14.2 Å². The second kappa shape index (κ2) is 6.61. The Morgan fingerprint density at radius 2 is 2.06 bits per heavy atom. The van der Waals surface area contributed by atoms with E-state index >= 15 is 0 Å². The van der Waals surface area contributed by atoms with Crippen LogP contribution >= 0.6 is 0 Å². The fourth-order valence-electron chi connectivity index (χ4n) is 1.67. The van der Waals surface area contributed by atoms with Gasteiger partial charge in [0.15, 0.2) is 18.3 Å². The summed E-state index contributed by atoms with van der Waals surface area (Å²) >= 11 is 0. The first-order chi connectivity index (χ1) is 8.83. The lowest BCUT2D eigenvalue weighted by molar-refractivity contribution is 0.00839. The molecule has 0 spiro atoms. The predicted octanol–water partition coefficient (Wildman–Crippen LogP) is 2.31. The zero-order valence-corrected chi connectivity index (χ0v) is 10.9. The molecule has 0 radical (unpaired) electrons. The lowest BCUT2D eigenvalue weighted by atomic mass is 10.2. The minimum atomic E-state index is 0.276. The molecule has 1 aliphatic rings. The first-order valence-corrected chi connectivity index (χ1v) is 6.49. The highest BCUT2D eigenvalue weighted by Crippen LogP contribution is 2.30. The van der Waals surface area contributed by atoms with Crippen molar-refractivity contribution in [2.45, 2.75) is 26.3 Å². The summed E-state index contributed by atoms with van der Waals surface area (Å²) in [7, 11) is 0. The summed E-state index contributed by atoms with van der Waals surface area (Å²) in [5, 5.41) is 0. The SMILES string of the molecule is CCOc1cc(CN)ccc1OCOCC1CC1. The third-order valence-corrected chi connectivity index (χ3v) is 2.89. The van der Waals surface area contributed by atoms with Gasteiger partial charge in [0.05, 0.1) is 13.2 Å². The predicted molar refractivity (Wildman–Crippen MR) is 69.7 cm³/mol. The largest absolute Gasteiger partial charge is 0.490 e. The van der Waals surface area contributed by atoms with Gasteiger partial charge in [0.1, 0.15) is 0 Å². The molecule has 4 nitrogen and oxygen atoms in total. The highest BCUT2D eigenvalue weighted by Gasteiger charge is 2.21. The summed E-state index contributed by atoms with van der Waals surface area (Å²) in [6.45, 7) is 4.12. The molecule has 0 aliphatic heterocycles. The topological polar surface area (TPSA) is 53.7 Å². The zero-order valence-electron chi connectivity index (χ0n) is 10.9. The molecule has 2 N–H and O–H groups in total. The molecule has 1 aromatic carbocycles. The van der Waals surface area contributed by atoms with Gasteiger partial charge in [-0.2, -0.15) is 0 Å². The molecule has 1 saturated carbocycles. The van der Waals surface area contributed by atoms with Crippen molar-refractivity contribution in [2.24, 2.45) is 11.7 Å². The van der Waals surface area contributed by atoms with Crippen LogP contribution in [-0.2, 0) is 11.3 Å². The van der Waals surface area contributed by atoms with Crippen LogP contribution in [0.1, 0.15) is 25.3 Å². The van der Waals surface area contributed by atoms with Crippen LogP contribution in [0.4, 0.5) is 0 Å². The molecule has 0 saturated heterocycles. The van der Waals surface area contributed by atoms with E-state index in [0.29, 0.717) is 18.9 Å². The smallest absolute Gasteiger partial charge is 0.189 e. The average Bonchev–Trinajstić information content (AvgIpc) is 3.20. The quantitative estimate of drug-likeness (QED) is 0.569. The Hall–Kier alpha value is -1.26. The highest BCUT2D eigenvalue weighted by molar-refractivity contribution is 5.42. The van der Waals surface area contributed by atoms with Gasteiger partial charge < -0.3 is 19.9 Å². The van der Waals surface area contributed by atoms with Crippen molar-refractivity contribution in [2.75, 3.05) is 20.0 Å². The fraction of sp³-hybridized carbons (Fsp3) is 0.571. The van der Waals surface area contributed by atoms with Gasteiger partial charge in [0.25, 0.3) is 0 Å². The van der Waals surface area contributed by atoms with Crippen LogP contribution in [0.15, 0.2) is 18.2 Å². The molecule has 0 heterocycles. The van der Waals surface area contributed by atoms with Crippen LogP contribution in [0.25, 0.3) is 0 Å². The highest BCUT2D eigenvalue weighted by atomic mass is 16.7. The number of hydrogen-bond acceptors (Lipinski definition) is 4. The molecule has 1 aromatic rings. The fourth-order valence-corrected chi connectivity index (χ4v) is 1.67. The molecular formula is C14H21NO3. The van der Waals surface area contributed by atoms with Gasteiger partial charge in [-0.1, -0.05) is 6.07 Å². The van der Waals surface area contributed by atoms with E-state index in [4.69, 9.17) is 19.9 Å². The second-order valence-electron chi connectivity index (χ2n) is 4.49. The minimum Gasteiger partial charge on any atom is -0.490 e. The Bertz CT molecular complexity index is 377.